The molecule has 1 aliphatic carbocycles. The number of piperazine rings is 1. The van der Waals surface area contributed by atoms with Gasteiger partial charge in [-0.2, -0.15) is 5.26 Å². The van der Waals surface area contributed by atoms with E-state index in [4.69, 9.17) is 0 Å². The predicted molar refractivity (Wildman–Crippen MR) is 82.6 cm³/mol. The Balaban J connectivity index is 1.97. The van der Waals surface area contributed by atoms with Crippen LogP contribution < -0.4 is 5.32 Å². The molecule has 0 radical (unpaired) electrons. The van der Waals surface area contributed by atoms with Crippen LogP contribution in [-0.2, 0) is 0 Å². The molecule has 1 aliphatic heterocycles. The first-order valence-electron chi connectivity index (χ1n) is 8.04. The van der Waals surface area contributed by atoms with Crippen molar-refractivity contribution in [2.45, 2.75) is 63.6 Å². The van der Waals surface area contributed by atoms with Crippen molar-refractivity contribution in [3.8, 4) is 6.07 Å². The third-order valence-electron chi connectivity index (χ3n) is 5.28. The summed E-state index contributed by atoms with van der Waals surface area (Å²) in [7, 11) is 2.22. The van der Waals surface area contributed by atoms with E-state index in [1.807, 2.05) is 0 Å². The van der Waals surface area contributed by atoms with Crippen molar-refractivity contribution in [3.63, 3.8) is 0 Å². The first kappa shape index (κ1) is 15.8. The normalized spacial score (nSPS) is 35.0. The van der Waals surface area contributed by atoms with Crippen LogP contribution in [0, 0.1) is 11.3 Å². The number of hydrogen-bond donors (Lipinski definition) is 1. The Morgan fingerprint density at radius 3 is 2.70 bits per heavy atom. The molecule has 2 atom stereocenters. The Kier molecular flexibility index (Phi) is 4.73. The van der Waals surface area contributed by atoms with Crippen molar-refractivity contribution in [1.29, 1.82) is 5.26 Å². The molecule has 2 fully saturated rings. The lowest BCUT2D eigenvalue weighted by atomic mass is 9.96. The highest BCUT2D eigenvalue weighted by Gasteiger charge is 2.43. The molecule has 1 heterocycles. The van der Waals surface area contributed by atoms with Gasteiger partial charge in [-0.25, -0.2) is 0 Å². The molecule has 2 aliphatic rings. The molecule has 114 valence electrons. The van der Waals surface area contributed by atoms with Gasteiger partial charge in [-0.3, -0.25) is 15.1 Å². The summed E-state index contributed by atoms with van der Waals surface area (Å²) < 4.78 is 0. The molecule has 0 bridgehead atoms. The van der Waals surface area contributed by atoms with E-state index >= 15 is 0 Å². The van der Waals surface area contributed by atoms with E-state index in [2.05, 4.69) is 49.0 Å². The average molecular weight is 278 g/mol. The fraction of sp³-hybridized carbons (Fsp3) is 0.938. The molecule has 0 aromatic carbocycles. The third kappa shape index (κ3) is 3.16. The Hall–Kier alpha value is -0.630. The van der Waals surface area contributed by atoms with E-state index in [1.54, 1.807) is 0 Å². The summed E-state index contributed by atoms with van der Waals surface area (Å²) in [6.07, 6.45) is 4.24. The topological polar surface area (TPSA) is 42.3 Å². The maximum absolute atomic E-state index is 9.56. The highest BCUT2D eigenvalue weighted by Crippen LogP contribution is 2.34. The van der Waals surface area contributed by atoms with E-state index in [9.17, 15) is 5.26 Å². The second-order valence-corrected chi connectivity index (χ2v) is 7.22. The van der Waals surface area contributed by atoms with Crippen LogP contribution >= 0.6 is 0 Å². The van der Waals surface area contributed by atoms with Crippen molar-refractivity contribution in [2.24, 2.45) is 0 Å². The van der Waals surface area contributed by atoms with E-state index in [0.29, 0.717) is 6.04 Å². The van der Waals surface area contributed by atoms with Crippen molar-refractivity contribution >= 4 is 0 Å². The zero-order chi connectivity index (χ0) is 14.8. The van der Waals surface area contributed by atoms with Crippen molar-refractivity contribution in [2.75, 3.05) is 33.2 Å². The van der Waals surface area contributed by atoms with Gasteiger partial charge >= 0.3 is 0 Å². The van der Waals surface area contributed by atoms with Crippen LogP contribution in [0.4, 0.5) is 0 Å². The summed E-state index contributed by atoms with van der Waals surface area (Å²) in [5.74, 6) is 0. The summed E-state index contributed by atoms with van der Waals surface area (Å²) in [5.41, 5.74) is -0.0266. The van der Waals surface area contributed by atoms with Gasteiger partial charge in [0.2, 0.25) is 0 Å². The zero-order valence-electron chi connectivity index (χ0n) is 13.6. The monoisotopic (exact) mass is 278 g/mol. The Bertz CT molecular complexity index is 373. The minimum atomic E-state index is -0.270. The van der Waals surface area contributed by atoms with E-state index in [-0.39, 0.29) is 11.1 Å². The minimum Gasteiger partial charge on any atom is -0.299 e. The molecular formula is C16H30N4. The number of rotatable bonds is 4. The average Bonchev–Trinajstić information content (AvgIpc) is 2.85. The molecule has 1 saturated carbocycles. The van der Waals surface area contributed by atoms with Crippen molar-refractivity contribution in [1.82, 2.24) is 15.1 Å². The van der Waals surface area contributed by atoms with E-state index < -0.39 is 0 Å². The number of nitrogens with zero attached hydrogens (tertiary/aromatic N) is 3. The lowest BCUT2D eigenvalue weighted by Gasteiger charge is -2.47. The molecule has 1 saturated heterocycles. The Morgan fingerprint density at radius 2 is 2.10 bits per heavy atom. The van der Waals surface area contributed by atoms with Gasteiger partial charge in [-0.05, 0) is 53.1 Å². The van der Waals surface area contributed by atoms with Gasteiger partial charge in [0.25, 0.3) is 0 Å². The number of likely N-dealkylation sites (N-methyl/N-ethyl adjacent to an activating group) is 1. The van der Waals surface area contributed by atoms with Crippen molar-refractivity contribution < 1.29 is 0 Å². The van der Waals surface area contributed by atoms with Crippen LogP contribution in [0.1, 0.15) is 46.5 Å². The maximum atomic E-state index is 9.56. The zero-order valence-corrected chi connectivity index (χ0v) is 13.6. The van der Waals surface area contributed by atoms with Gasteiger partial charge in [0.1, 0.15) is 5.54 Å². The summed E-state index contributed by atoms with van der Waals surface area (Å²) in [6.45, 7) is 11.1. The van der Waals surface area contributed by atoms with Crippen LogP contribution in [0.5, 0.6) is 0 Å². The standard InChI is InChI=1S/C16H30N4/c1-5-8-18-16(12-17)7-6-14(11-16)20-10-9-19(4)15(2,3)13-20/h14,18H,5-11,13H2,1-4H3. The van der Waals surface area contributed by atoms with Crippen LogP contribution in [0.25, 0.3) is 0 Å². The molecule has 4 heteroatoms. The quantitative estimate of drug-likeness (QED) is 0.852. The fourth-order valence-corrected chi connectivity index (χ4v) is 3.59. The highest BCUT2D eigenvalue weighted by molar-refractivity contribution is 5.14. The van der Waals surface area contributed by atoms with Gasteiger partial charge in [0, 0.05) is 31.2 Å². The van der Waals surface area contributed by atoms with Gasteiger partial charge < -0.3 is 0 Å². The fourth-order valence-electron chi connectivity index (χ4n) is 3.59. The molecular weight excluding hydrogens is 248 g/mol. The number of hydrogen-bond acceptors (Lipinski definition) is 4. The summed E-state index contributed by atoms with van der Waals surface area (Å²) >= 11 is 0. The first-order chi connectivity index (χ1) is 9.42. The second-order valence-electron chi connectivity index (χ2n) is 7.22. The van der Waals surface area contributed by atoms with Crippen LogP contribution in [0.2, 0.25) is 0 Å². The molecule has 2 unspecified atom stereocenters. The SMILES string of the molecule is CCCNC1(C#N)CCC(N2CCN(C)C(C)(C)C2)C1. The van der Waals surface area contributed by atoms with Crippen LogP contribution in [-0.4, -0.2) is 60.1 Å². The maximum Gasteiger partial charge on any atom is 0.108 e. The number of nitrogens with one attached hydrogen (secondary N) is 1. The summed E-state index contributed by atoms with van der Waals surface area (Å²) in [5, 5.41) is 13.1. The second kappa shape index (κ2) is 6.01. The molecule has 0 amide bonds. The molecule has 1 N–H and O–H groups in total. The first-order valence-corrected chi connectivity index (χ1v) is 8.04. The molecule has 0 spiro atoms. The van der Waals surface area contributed by atoms with E-state index in [1.165, 1.54) is 0 Å². The summed E-state index contributed by atoms with van der Waals surface area (Å²) in [6, 6.07) is 3.14. The third-order valence-corrected chi connectivity index (χ3v) is 5.28. The molecule has 0 aromatic heterocycles. The van der Waals surface area contributed by atoms with Crippen LogP contribution in [0.3, 0.4) is 0 Å². The lowest BCUT2D eigenvalue weighted by molar-refractivity contribution is 0.0170. The predicted octanol–water partition coefficient (Wildman–Crippen LogP) is 1.83. The minimum absolute atomic E-state index is 0.243. The van der Waals surface area contributed by atoms with Gasteiger partial charge in [-0.1, -0.05) is 6.92 Å². The molecule has 20 heavy (non-hydrogen) atoms. The summed E-state index contributed by atoms with van der Waals surface area (Å²) in [4.78, 5) is 5.07. The van der Waals surface area contributed by atoms with Crippen LogP contribution in [0.15, 0.2) is 0 Å². The molecule has 0 aromatic rings. The highest BCUT2D eigenvalue weighted by atomic mass is 15.3. The largest absolute Gasteiger partial charge is 0.299 e. The Morgan fingerprint density at radius 1 is 1.35 bits per heavy atom. The molecule has 4 nitrogen and oxygen atoms in total. The van der Waals surface area contributed by atoms with Gasteiger partial charge in [-0.15, -0.1) is 0 Å². The van der Waals surface area contributed by atoms with Gasteiger partial charge in [0.15, 0.2) is 0 Å². The lowest BCUT2D eigenvalue weighted by Crippen LogP contribution is -2.59. The van der Waals surface area contributed by atoms with Gasteiger partial charge in [0.05, 0.1) is 6.07 Å². The van der Waals surface area contributed by atoms with Crippen molar-refractivity contribution in [3.05, 3.63) is 0 Å². The number of nitriles is 1. The van der Waals surface area contributed by atoms with E-state index in [0.717, 1.165) is 51.9 Å². The smallest absolute Gasteiger partial charge is 0.108 e. The Labute approximate surface area is 124 Å². The molecule has 2 rings (SSSR count).